The summed E-state index contributed by atoms with van der Waals surface area (Å²) in [6.07, 6.45) is -6.03. The van der Waals surface area contributed by atoms with Crippen molar-refractivity contribution in [3.05, 3.63) is 23.8 Å². The monoisotopic (exact) mass is 736 g/mol. The first-order valence-electron chi connectivity index (χ1n) is 18.1. The molecule has 5 rings (SSSR count). The number of fused-ring (bicyclic) bond motifs is 5. The molecule has 292 valence electrons. The zero-order valence-corrected chi connectivity index (χ0v) is 31.2. The molecule has 7 N–H and O–H groups in total. The molecule has 52 heavy (non-hydrogen) atoms. The van der Waals surface area contributed by atoms with E-state index in [9.17, 15) is 54.9 Å². The predicted octanol–water partition coefficient (Wildman–Crippen LogP) is 0.296. The molecule has 3 saturated carbocycles. The molecule has 1 aliphatic heterocycles. The summed E-state index contributed by atoms with van der Waals surface area (Å²) in [4.78, 5) is 54.1. The summed E-state index contributed by atoms with van der Waals surface area (Å²) in [5.74, 6) is -4.46. The number of allylic oxidation sites excluding steroid dienone is 2. The fourth-order valence-electron chi connectivity index (χ4n) is 10.9. The van der Waals surface area contributed by atoms with E-state index in [0.29, 0.717) is 5.57 Å². The number of ketones is 3. The van der Waals surface area contributed by atoms with E-state index in [2.05, 4.69) is 0 Å². The van der Waals surface area contributed by atoms with Crippen LogP contribution in [0, 0.1) is 39.4 Å². The van der Waals surface area contributed by atoms with Crippen LogP contribution in [-0.4, -0.2) is 126 Å². The van der Waals surface area contributed by atoms with Gasteiger partial charge in [-0.2, -0.15) is 0 Å². The number of rotatable bonds is 9. The number of carbonyl (C=O) groups excluding carboxylic acids is 4. The molecule has 0 bridgehead atoms. The number of aliphatic hydroxyl groups is 7. The first-order chi connectivity index (χ1) is 23.9. The quantitative estimate of drug-likeness (QED) is 0.0958. The van der Waals surface area contributed by atoms with Crippen molar-refractivity contribution in [1.29, 1.82) is 0 Å². The highest BCUT2D eigenvalue weighted by molar-refractivity contribution is 5.98. The Hall–Kier alpha value is -2.40. The summed E-state index contributed by atoms with van der Waals surface area (Å²) in [5.41, 5.74) is -7.36. The van der Waals surface area contributed by atoms with Crippen LogP contribution in [0.1, 0.15) is 81.1 Å². The van der Waals surface area contributed by atoms with Gasteiger partial charge in [0, 0.05) is 24.7 Å². The van der Waals surface area contributed by atoms with Crippen molar-refractivity contribution in [3.63, 3.8) is 0 Å². The lowest BCUT2D eigenvalue weighted by Gasteiger charge is -2.65. The molecule has 0 spiro atoms. The van der Waals surface area contributed by atoms with Crippen molar-refractivity contribution in [2.24, 2.45) is 39.4 Å². The largest absolute Gasteiger partial charge is 0.456 e. The van der Waals surface area contributed by atoms with Gasteiger partial charge in [0.05, 0.1) is 24.7 Å². The standard InChI is InChI=1S/C38H56O14/c1-18(41)52-33(2,3)12-11-25(43)37(8,49)30-21(42)14-35(6)24-10-9-19-20(38(24,17-40)26(44)15-36(30,35)7)13-22(31(48)34(19,4)5)50-32-29(47)28(46)27(45)23(16-39)51-32/h9,11-12,20-24,27-30,32,39-40,42,45-47,49H,10,13-17H2,1-8H3/t20-,21-,22+,23-,24+,27-,28+,29-,30?,32-,35+,36-,37+,38+/m1/s1. The van der Waals surface area contributed by atoms with E-state index in [0.717, 1.165) is 6.08 Å². The number of esters is 1. The van der Waals surface area contributed by atoms with Crippen LogP contribution in [0.5, 0.6) is 0 Å². The smallest absolute Gasteiger partial charge is 0.303 e. The molecule has 4 fully saturated rings. The second-order valence-electron chi connectivity index (χ2n) is 17.5. The normalized spacial score (nSPS) is 44.3. The molecule has 0 aromatic rings. The van der Waals surface area contributed by atoms with Crippen molar-refractivity contribution in [2.75, 3.05) is 13.2 Å². The summed E-state index contributed by atoms with van der Waals surface area (Å²) in [6.45, 7) is 11.5. The Morgan fingerprint density at radius 3 is 2.21 bits per heavy atom. The van der Waals surface area contributed by atoms with Crippen LogP contribution in [0.2, 0.25) is 0 Å². The number of carbonyl (C=O) groups is 4. The lowest BCUT2D eigenvalue weighted by Crippen LogP contribution is -2.67. The van der Waals surface area contributed by atoms with Gasteiger partial charge in [0.15, 0.2) is 17.9 Å². The molecule has 1 unspecified atom stereocenters. The third-order valence-corrected chi connectivity index (χ3v) is 13.7. The molecule has 0 amide bonds. The van der Waals surface area contributed by atoms with E-state index >= 15 is 0 Å². The number of Topliss-reactive ketones (excluding diaryl/α,β-unsaturated/α-hetero) is 2. The van der Waals surface area contributed by atoms with Crippen molar-refractivity contribution in [2.45, 2.75) is 135 Å². The Balaban J connectivity index is 1.51. The fraction of sp³-hybridized carbons (Fsp3) is 0.789. The second kappa shape index (κ2) is 13.4. The van der Waals surface area contributed by atoms with Crippen LogP contribution in [0.3, 0.4) is 0 Å². The van der Waals surface area contributed by atoms with E-state index in [-0.39, 0.29) is 37.2 Å². The van der Waals surface area contributed by atoms with Crippen LogP contribution in [0.4, 0.5) is 0 Å². The highest BCUT2D eigenvalue weighted by atomic mass is 16.7. The number of ether oxygens (including phenoxy) is 3. The summed E-state index contributed by atoms with van der Waals surface area (Å²) < 4.78 is 16.8. The van der Waals surface area contributed by atoms with Gasteiger partial charge >= 0.3 is 5.97 Å². The Morgan fingerprint density at radius 2 is 1.63 bits per heavy atom. The molecule has 4 aliphatic carbocycles. The maximum atomic E-state index is 14.9. The van der Waals surface area contributed by atoms with Gasteiger partial charge < -0.3 is 50.0 Å². The minimum Gasteiger partial charge on any atom is -0.456 e. The van der Waals surface area contributed by atoms with Crippen LogP contribution < -0.4 is 0 Å². The van der Waals surface area contributed by atoms with Crippen LogP contribution in [0.15, 0.2) is 23.8 Å². The Labute approximate surface area is 303 Å². The number of hydrogen-bond donors (Lipinski definition) is 7. The molecular weight excluding hydrogens is 680 g/mol. The molecule has 14 atom stereocenters. The van der Waals surface area contributed by atoms with E-state index in [1.165, 1.54) is 19.9 Å². The van der Waals surface area contributed by atoms with E-state index in [1.807, 2.05) is 13.0 Å². The molecule has 0 radical (unpaired) electrons. The molecule has 14 nitrogen and oxygen atoms in total. The Morgan fingerprint density at radius 1 is 1.00 bits per heavy atom. The lowest BCUT2D eigenvalue weighted by molar-refractivity contribution is -0.311. The topological polar surface area (TPSA) is 238 Å². The summed E-state index contributed by atoms with van der Waals surface area (Å²) in [5, 5.41) is 76.1. The summed E-state index contributed by atoms with van der Waals surface area (Å²) >= 11 is 0. The number of aliphatic hydroxyl groups excluding tert-OH is 6. The fourth-order valence-corrected chi connectivity index (χ4v) is 10.9. The first-order valence-corrected chi connectivity index (χ1v) is 18.1. The molecule has 0 aromatic carbocycles. The van der Waals surface area contributed by atoms with E-state index in [1.54, 1.807) is 34.6 Å². The molecule has 5 aliphatic rings. The summed E-state index contributed by atoms with van der Waals surface area (Å²) in [6, 6.07) is 0. The van der Waals surface area contributed by atoms with Gasteiger partial charge in [0.2, 0.25) is 0 Å². The van der Waals surface area contributed by atoms with Gasteiger partial charge in [0.1, 0.15) is 47.5 Å². The third-order valence-electron chi connectivity index (χ3n) is 13.7. The Kier molecular flexibility index (Phi) is 10.5. The molecule has 0 aromatic heterocycles. The maximum absolute atomic E-state index is 14.9. The highest BCUT2D eigenvalue weighted by Crippen LogP contribution is 2.74. The zero-order chi connectivity index (χ0) is 39.1. The SMILES string of the molecule is CC(=O)OC(C)(C)C=CC(=O)[C@](C)(O)C1[C@H](O)C[C@@]2(C)[C@@H]3CC=C4[C@@H](C[C@H](O[C@@H]5O[C@H](CO)[C@@H](O)[C@H](O)[C@H]5O)C(=O)C4(C)C)[C@]3(CO)C(=O)C[C@]12C. The van der Waals surface area contributed by atoms with Crippen LogP contribution in [0.25, 0.3) is 0 Å². The van der Waals surface area contributed by atoms with Gasteiger partial charge in [-0.05, 0) is 88.7 Å². The van der Waals surface area contributed by atoms with Crippen molar-refractivity contribution in [1.82, 2.24) is 0 Å². The zero-order valence-electron chi connectivity index (χ0n) is 31.2. The average molecular weight is 737 g/mol. The molecular formula is C38H56O14. The van der Waals surface area contributed by atoms with Crippen molar-refractivity contribution in [3.8, 4) is 0 Å². The van der Waals surface area contributed by atoms with Gasteiger partial charge in [-0.15, -0.1) is 0 Å². The van der Waals surface area contributed by atoms with Gasteiger partial charge in [-0.1, -0.05) is 25.5 Å². The first kappa shape index (κ1) is 40.8. The van der Waals surface area contributed by atoms with Crippen LogP contribution in [-0.2, 0) is 33.4 Å². The predicted molar refractivity (Wildman–Crippen MR) is 182 cm³/mol. The van der Waals surface area contributed by atoms with Crippen molar-refractivity contribution >= 4 is 23.3 Å². The second-order valence-corrected chi connectivity index (χ2v) is 17.5. The number of hydrogen-bond acceptors (Lipinski definition) is 14. The summed E-state index contributed by atoms with van der Waals surface area (Å²) in [7, 11) is 0. The van der Waals surface area contributed by atoms with Gasteiger partial charge in [-0.3, -0.25) is 19.2 Å². The lowest BCUT2D eigenvalue weighted by atomic mass is 9.38. The minimum absolute atomic E-state index is 0.0934. The van der Waals surface area contributed by atoms with Gasteiger partial charge in [-0.25, -0.2) is 0 Å². The molecule has 1 saturated heterocycles. The average Bonchev–Trinajstić information content (AvgIpc) is 3.25. The third kappa shape index (κ3) is 5.97. The Bertz CT molecular complexity index is 1530. The van der Waals surface area contributed by atoms with Crippen molar-refractivity contribution < 1.29 is 69.1 Å². The van der Waals surface area contributed by atoms with Crippen LogP contribution >= 0.6 is 0 Å². The highest BCUT2D eigenvalue weighted by Gasteiger charge is 2.75. The van der Waals surface area contributed by atoms with E-state index in [4.69, 9.17) is 14.2 Å². The van der Waals surface area contributed by atoms with E-state index < -0.39 is 118 Å². The molecule has 1 heterocycles. The minimum atomic E-state index is -2.15. The maximum Gasteiger partial charge on any atom is 0.303 e. The van der Waals surface area contributed by atoms with Gasteiger partial charge in [0.25, 0.3) is 0 Å². The molecule has 14 heteroatoms.